The van der Waals surface area contributed by atoms with Crippen LogP contribution >= 0.6 is 23.1 Å². The van der Waals surface area contributed by atoms with Gasteiger partial charge in [0.05, 0.1) is 16.8 Å². The van der Waals surface area contributed by atoms with Crippen molar-refractivity contribution in [1.29, 1.82) is 0 Å². The summed E-state index contributed by atoms with van der Waals surface area (Å²) >= 11 is 2.71. The Morgan fingerprint density at radius 2 is 1.56 bits per heavy atom. The first kappa shape index (κ1) is 22.1. The Hall–Kier alpha value is -3.68. The van der Waals surface area contributed by atoms with Crippen molar-refractivity contribution in [2.75, 3.05) is 5.75 Å². The number of fused-ring (bicyclic) bond motifs is 1. The van der Waals surface area contributed by atoms with Crippen LogP contribution in [-0.4, -0.2) is 21.2 Å². The second kappa shape index (κ2) is 10.1. The molecule has 0 fully saturated rings. The maximum atomic E-state index is 13.8. The standard InChI is InChI=1S/C27H21N3O2S2/c31-23(28-16-19-10-4-1-5-11-19)18-34-27-29-25-24(22(17-33-25)20-12-6-2-7-13-20)26(32)30(27)21-14-8-3-9-15-21/h1-15,17H,16,18H2,(H,28,31). The van der Waals surface area contributed by atoms with Crippen LogP contribution in [0.4, 0.5) is 0 Å². The van der Waals surface area contributed by atoms with E-state index in [9.17, 15) is 9.59 Å². The molecule has 0 atom stereocenters. The summed E-state index contributed by atoms with van der Waals surface area (Å²) in [6.07, 6.45) is 0. The van der Waals surface area contributed by atoms with Crippen molar-refractivity contribution in [2.24, 2.45) is 0 Å². The number of hydrogen-bond acceptors (Lipinski definition) is 5. The Morgan fingerprint density at radius 3 is 2.26 bits per heavy atom. The Kier molecular flexibility index (Phi) is 6.56. The fourth-order valence-electron chi connectivity index (χ4n) is 3.68. The van der Waals surface area contributed by atoms with Crippen molar-refractivity contribution in [3.05, 3.63) is 112 Å². The molecule has 0 bridgehead atoms. The number of carbonyl (C=O) groups excluding carboxylic acids is 1. The lowest BCUT2D eigenvalue weighted by Crippen LogP contribution is -2.26. The van der Waals surface area contributed by atoms with Crippen molar-refractivity contribution >= 4 is 39.2 Å². The average Bonchev–Trinajstić information content (AvgIpc) is 3.32. The van der Waals surface area contributed by atoms with Crippen LogP contribution in [0.25, 0.3) is 27.0 Å². The van der Waals surface area contributed by atoms with Gasteiger partial charge in [-0.25, -0.2) is 4.98 Å². The normalized spacial score (nSPS) is 10.9. The van der Waals surface area contributed by atoms with Crippen LogP contribution in [0.1, 0.15) is 5.56 Å². The highest BCUT2D eigenvalue weighted by Crippen LogP contribution is 2.32. The van der Waals surface area contributed by atoms with E-state index in [2.05, 4.69) is 5.32 Å². The van der Waals surface area contributed by atoms with Crippen LogP contribution in [0.3, 0.4) is 0 Å². The van der Waals surface area contributed by atoms with Gasteiger partial charge in [-0.3, -0.25) is 14.2 Å². The van der Waals surface area contributed by atoms with Crippen molar-refractivity contribution < 1.29 is 4.79 Å². The van der Waals surface area contributed by atoms with E-state index in [1.165, 1.54) is 23.1 Å². The van der Waals surface area contributed by atoms with Crippen LogP contribution in [0.15, 0.2) is 106 Å². The van der Waals surface area contributed by atoms with E-state index in [0.29, 0.717) is 21.9 Å². The molecule has 2 heterocycles. The number of para-hydroxylation sites is 1. The summed E-state index contributed by atoms with van der Waals surface area (Å²) in [7, 11) is 0. The molecule has 34 heavy (non-hydrogen) atoms. The van der Waals surface area contributed by atoms with Crippen LogP contribution in [0.5, 0.6) is 0 Å². The molecule has 5 nitrogen and oxygen atoms in total. The van der Waals surface area contributed by atoms with Gasteiger partial charge in [-0.2, -0.15) is 0 Å². The number of rotatable bonds is 7. The lowest BCUT2D eigenvalue weighted by atomic mass is 10.1. The first-order valence-corrected chi connectivity index (χ1v) is 12.7. The van der Waals surface area contributed by atoms with E-state index in [4.69, 9.17) is 4.98 Å². The van der Waals surface area contributed by atoms with E-state index < -0.39 is 0 Å². The number of amides is 1. The molecule has 0 unspecified atom stereocenters. The highest BCUT2D eigenvalue weighted by molar-refractivity contribution is 7.99. The minimum atomic E-state index is -0.136. The van der Waals surface area contributed by atoms with Crippen LogP contribution < -0.4 is 10.9 Å². The van der Waals surface area contributed by atoms with Gasteiger partial charge in [0, 0.05) is 17.5 Å². The maximum absolute atomic E-state index is 13.8. The summed E-state index contributed by atoms with van der Waals surface area (Å²) in [6, 6.07) is 29.1. The number of benzene rings is 3. The number of aromatic nitrogens is 2. The molecule has 0 radical (unpaired) electrons. The highest BCUT2D eigenvalue weighted by atomic mass is 32.2. The summed E-state index contributed by atoms with van der Waals surface area (Å²) in [5.74, 6) is 0.0492. The molecular weight excluding hydrogens is 462 g/mol. The summed E-state index contributed by atoms with van der Waals surface area (Å²) in [5, 5.41) is 6.01. The third kappa shape index (κ3) is 4.66. The van der Waals surface area contributed by atoms with Gasteiger partial charge in [0.15, 0.2) is 5.16 Å². The number of carbonyl (C=O) groups is 1. The zero-order valence-corrected chi connectivity index (χ0v) is 19.8. The molecular formula is C27H21N3O2S2. The molecule has 5 aromatic rings. The fraction of sp³-hybridized carbons (Fsp3) is 0.0741. The van der Waals surface area contributed by atoms with E-state index in [0.717, 1.165) is 22.4 Å². The second-order valence-corrected chi connectivity index (χ2v) is 9.42. The van der Waals surface area contributed by atoms with Gasteiger partial charge in [-0.15, -0.1) is 11.3 Å². The first-order valence-electron chi connectivity index (χ1n) is 10.8. The van der Waals surface area contributed by atoms with E-state index in [-0.39, 0.29) is 17.2 Å². The Bertz CT molecular complexity index is 1480. The summed E-state index contributed by atoms with van der Waals surface area (Å²) in [6.45, 7) is 0.462. The van der Waals surface area contributed by atoms with Gasteiger partial charge < -0.3 is 5.32 Å². The molecule has 7 heteroatoms. The molecule has 5 rings (SSSR count). The topological polar surface area (TPSA) is 64.0 Å². The summed E-state index contributed by atoms with van der Waals surface area (Å²) in [4.78, 5) is 31.8. The van der Waals surface area contributed by atoms with Gasteiger partial charge in [0.25, 0.3) is 5.56 Å². The predicted octanol–water partition coefficient (Wildman–Crippen LogP) is 5.52. The second-order valence-electron chi connectivity index (χ2n) is 7.62. The van der Waals surface area contributed by atoms with Gasteiger partial charge >= 0.3 is 0 Å². The Labute approximate surface area is 205 Å². The monoisotopic (exact) mass is 483 g/mol. The molecule has 0 saturated heterocycles. The maximum Gasteiger partial charge on any atom is 0.268 e. The molecule has 1 N–H and O–H groups in total. The molecule has 0 aliphatic rings. The highest BCUT2D eigenvalue weighted by Gasteiger charge is 2.19. The van der Waals surface area contributed by atoms with Crippen LogP contribution in [0.2, 0.25) is 0 Å². The van der Waals surface area contributed by atoms with E-state index >= 15 is 0 Å². The Morgan fingerprint density at radius 1 is 0.912 bits per heavy atom. The first-order chi connectivity index (χ1) is 16.7. The predicted molar refractivity (Wildman–Crippen MR) is 140 cm³/mol. The molecule has 0 saturated carbocycles. The largest absolute Gasteiger partial charge is 0.351 e. The van der Waals surface area contributed by atoms with Crippen molar-refractivity contribution in [3.8, 4) is 16.8 Å². The molecule has 0 aliphatic heterocycles. The third-order valence-electron chi connectivity index (χ3n) is 5.34. The van der Waals surface area contributed by atoms with Crippen molar-refractivity contribution in [2.45, 2.75) is 11.7 Å². The molecule has 168 valence electrons. The van der Waals surface area contributed by atoms with Gasteiger partial charge in [0.2, 0.25) is 5.91 Å². The summed E-state index contributed by atoms with van der Waals surface area (Å²) < 4.78 is 1.61. The average molecular weight is 484 g/mol. The molecule has 0 spiro atoms. The SMILES string of the molecule is O=C(CSc1nc2scc(-c3ccccc3)c2c(=O)n1-c1ccccc1)NCc1ccccc1. The van der Waals surface area contributed by atoms with Crippen molar-refractivity contribution in [3.63, 3.8) is 0 Å². The lowest BCUT2D eigenvalue weighted by Gasteiger charge is -2.13. The third-order valence-corrected chi connectivity index (χ3v) is 7.15. The minimum absolute atomic E-state index is 0.112. The number of thiophene rings is 1. The molecule has 3 aromatic carbocycles. The lowest BCUT2D eigenvalue weighted by molar-refractivity contribution is -0.118. The summed E-state index contributed by atoms with van der Waals surface area (Å²) in [5.41, 5.74) is 3.48. The number of nitrogens with zero attached hydrogens (tertiary/aromatic N) is 2. The van der Waals surface area contributed by atoms with Gasteiger partial charge in [0.1, 0.15) is 4.83 Å². The fourth-order valence-corrected chi connectivity index (χ4v) is 5.51. The number of nitrogens with one attached hydrogen (secondary N) is 1. The zero-order valence-electron chi connectivity index (χ0n) is 18.2. The van der Waals surface area contributed by atoms with E-state index in [1.54, 1.807) is 4.57 Å². The van der Waals surface area contributed by atoms with Crippen LogP contribution in [0, 0.1) is 0 Å². The van der Waals surface area contributed by atoms with Crippen molar-refractivity contribution in [1.82, 2.24) is 14.9 Å². The minimum Gasteiger partial charge on any atom is -0.351 e. The zero-order chi connectivity index (χ0) is 23.3. The van der Waals surface area contributed by atoms with Gasteiger partial charge in [-0.05, 0) is 23.3 Å². The number of hydrogen-bond donors (Lipinski definition) is 1. The smallest absolute Gasteiger partial charge is 0.268 e. The molecule has 0 aliphatic carbocycles. The van der Waals surface area contributed by atoms with E-state index in [1.807, 2.05) is 96.4 Å². The Balaban J connectivity index is 1.48. The number of thioether (sulfide) groups is 1. The van der Waals surface area contributed by atoms with Crippen LogP contribution in [-0.2, 0) is 11.3 Å². The molecule has 1 amide bonds. The molecule has 2 aromatic heterocycles. The quantitative estimate of drug-likeness (QED) is 0.244. The van der Waals surface area contributed by atoms with Gasteiger partial charge in [-0.1, -0.05) is 90.6 Å².